The summed E-state index contributed by atoms with van der Waals surface area (Å²) in [6.45, 7) is 4.07. The molecular weight excluding hydrogens is 242 g/mol. The van der Waals surface area contributed by atoms with Crippen molar-refractivity contribution in [3.63, 3.8) is 0 Å². The van der Waals surface area contributed by atoms with Crippen molar-refractivity contribution in [2.75, 3.05) is 38.5 Å². The number of benzene rings is 1. The van der Waals surface area contributed by atoms with E-state index in [4.69, 9.17) is 0 Å². The van der Waals surface area contributed by atoms with Crippen molar-refractivity contribution in [2.45, 2.75) is 6.04 Å². The zero-order valence-corrected chi connectivity index (χ0v) is 11.0. The van der Waals surface area contributed by atoms with E-state index in [1.54, 1.807) is 0 Å². The molecule has 0 radical (unpaired) electrons. The summed E-state index contributed by atoms with van der Waals surface area (Å²) in [6.07, 6.45) is 0. The van der Waals surface area contributed by atoms with Crippen LogP contribution in [0.15, 0.2) is 23.0 Å². The van der Waals surface area contributed by atoms with Gasteiger partial charge in [0.2, 0.25) is 0 Å². The molecule has 6 nitrogen and oxygen atoms in total. The minimum atomic E-state index is -0.164. The van der Waals surface area contributed by atoms with Crippen molar-refractivity contribution in [1.82, 2.24) is 20.2 Å². The molecule has 1 aromatic carbocycles. The van der Waals surface area contributed by atoms with Crippen molar-refractivity contribution in [2.24, 2.45) is 0 Å². The number of piperazine rings is 1. The van der Waals surface area contributed by atoms with Crippen LogP contribution in [0.5, 0.6) is 0 Å². The molecule has 0 saturated carbocycles. The zero-order chi connectivity index (χ0) is 13.2. The molecule has 0 bridgehead atoms. The highest BCUT2D eigenvalue weighted by atomic mass is 16.1. The maximum atomic E-state index is 11.2. The fourth-order valence-electron chi connectivity index (χ4n) is 2.51. The Labute approximate surface area is 111 Å². The molecule has 2 heterocycles. The van der Waals surface area contributed by atoms with Crippen molar-refractivity contribution in [1.29, 1.82) is 0 Å². The van der Waals surface area contributed by atoms with E-state index in [-0.39, 0.29) is 5.69 Å². The third-order valence-electron chi connectivity index (χ3n) is 3.53. The molecule has 3 rings (SSSR count). The Morgan fingerprint density at radius 2 is 2.21 bits per heavy atom. The molecule has 1 aliphatic heterocycles. The first-order valence-electron chi connectivity index (χ1n) is 6.58. The molecule has 1 saturated heterocycles. The van der Waals surface area contributed by atoms with Crippen molar-refractivity contribution in [3.8, 4) is 0 Å². The molecule has 0 aliphatic carbocycles. The van der Waals surface area contributed by atoms with Crippen molar-refractivity contribution in [3.05, 3.63) is 28.7 Å². The van der Waals surface area contributed by atoms with E-state index in [1.807, 2.05) is 18.2 Å². The van der Waals surface area contributed by atoms with Gasteiger partial charge in [0, 0.05) is 37.9 Å². The first-order valence-corrected chi connectivity index (χ1v) is 6.58. The van der Waals surface area contributed by atoms with Gasteiger partial charge >= 0.3 is 5.69 Å². The summed E-state index contributed by atoms with van der Waals surface area (Å²) in [5.74, 6) is 0. The Bertz CT molecular complexity index is 617. The van der Waals surface area contributed by atoms with Gasteiger partial charge in [-0.2, -0.15) is 0 Å². The number of nitrogens with one attached hydrogen (secondary N) is 4. The lowest BCUT2D eigenvalue weighted by molar-refractivity contribution is 0.244. The lowest BCUT2D eigenvalue weighted by Crippen LogP contribution is -2.51. The molecule has 19 heavy (non-hydrogen) atoms. The number of hydrogen-bond donors (Lipinski definition) is 4. The van der Waals surface area contributed by atoms with Crippen LogP contribution in [-0.2, 0) is 0 Å². The van der Waals surface area contributed by atoms with Crippen LogP contribution >= 0.6 is 0 Å². The van der Waals surface area contributed by atoms with Gasteiger partial charge in [0.25, 0.3) is 0 Å². The topological polar surface area (TPSA) is 75.9 Å². The summed E-state index contributed by atoms with van der Waals surface area (Å²) in [5.41, 5.74) is 2.54. The van der Waals surface area contributed by atoms with E-state index in [0.717, 1.165) is 42.9 Å². The number of likely N-dealkylation sites (N-methyl/N-ethyl adjacent to an activating group) is 1. The molecule has 1 aliphatic rings. The van der Waals surface area contributed by atoms with Crippen LogP contribution in [0.25, 0.3) is 11.0 Å². The normalized spacial score (nSPS) is 20.8. The summed E-state index contributed by atoms with van der Waals surface area (Å²) in [6, 6.07) is 6.31. The number of imidazole rings is 1. The highest BCUT2D eigenvalue weighted by Crippen LogP contribution is 2.14. The average Bonchev–Trinajstić information content (AvgIpc) is 2.75. The molecule has 0 spiro atoms. The van der Waals surface area contributed by atoms with Crippen LogP contribution in [-0.4, -0.2) is 54.1 Å². The highest BCUT2D eigenvalue weighted by molar-refractivity contribution is 5.78. The molecule has 4 N–H and O–H groups in total. The summed E-state index contributed by atoms with van der Waals surface area (Å²) in [4.78, 5) is 19.0. The van der Waals surface area contributed by atoms with E-state index >= 15 is 0 Å². The molecule has 102 valence electrons. The van der Waals surface area contributed by atoms with Crippen LogP contribution in [0.1, 0.15) is 0 Å². The van der Waals surface area contributed by atoms with Crippen LogP contribution in [0.2, 0.25) is 0 Å². The SMILES string of the molecule is CN1CCNC(CNc2ccc3[nH]c(=O)[nH]c3c2)C1. The van der Waals surface area contributed by atoms with E-state index < -0.39 is 0 Å². The van der Waals surface area contributed by atoms with E-state index in [0.29, 0.717) is 6.04 Å². The number of nitrogens with zero attached hydrogens (tertiary/aromatic N) is 1. The number of H-pyrrole nitrogens is 2. The Kier molecular flexibility index (Phi) is 3.27. The summed E-state index contributed by atoms with van der Waals surface area (Å²) in [5, 5.41) is 6.90. The lowest BCUT2D eigenvalue weighted by atomic mass is 10.2. The monoisotopic (exact) mass is 261 g/mol. The molecule has 1 fully saturated rings. The second-order valence-electron chi connectivity index (χ2n) is 5.13. The number of anilines is 1. The van der Waals surface area contributed by atoms with Gasteiger partial charge in [-0.15, -0.1) is 0 Å². The lowest BCUT2D eigenvalue weighted by Gasteiger charge is -2.31. The zero-order valence-electron chi connectivity index (χ0n) is 11.0. The van der Waals surface area contributed by atoms with E-state index in [1.165, 1.54) is 0 Å². The predicted octanol–water partition coefficient (Wildman–Crippen LogP) is 0.172. The first kappa shape index (κ1) is 12.3. The summed E-state index contributed by atoms with van der Waals surface area (Å²) < 4.78 is 0. The summed E-state index contributed by atoms with van der Waals surface area (Å²) >= 11 is 0. The Morgan fingerprint density at radius 1 is 1.37 bits per heavy atom. The smallest absolute Gasteiger partial charge is 0.323 e. The third kappa shape index (κ3) is 2.80. The van der Waals surface area contributed by atoms with Crippen LogP contribution < -0.4 is 16.3 Å². The van der Waals surface area contributed by atoms with Gasteiger partial charge in [-0.05, 0) is 25.2 Å². The van der Waals surface area contributed by atoms with E-state index in [9.17, 15) is 4.79 Å². The largest absolute Gasteiger partial charge is 0.383 e. The van der Waals surface area contributed by atoms with Crippen molar-refractivity contribution >= 4 is 16.7 Å². The fraction of sp³-hybridized carbons (Fsp3) is 0.462. The number of aromatic nitrogens is 2. The molecule has 0 amide bonds. The molecule has 1 aromatic heterocycles. The number of rotatable bonds is 3. The van der Waals surface area contributed by atoms with Crippen molar-refractivity contribution < 1.29 is 0 Å². The fourth-order valence-corrected chi connectivity index (χ4v) is 2.51. The van der Waals surface area contributed by atoms with Crippen LogP contribution in [0.4, 0.5) is 5.69 Å². The van der Waals surface area contributed by atoms with Gasteiger partial charge in [0.1, 0.15) is 0 Å². The molecular formula is C13H19N5O. The Balaban J connectivity index is 1.66. The van der Waals surface area contributed by atoms with E-state index in [2.05, 4.69) is 32.5 Å². The molecule has 1 unspecified atom stereocenters. The second kappa shape index (κ2) is 5.07. The number of fused-ring (bicyclic) bond motifs is 1. The number of aromatic amines is 2. The summed E-state index contributed by atoms with van der Waals surface area (Å²) in [7, 11) is 2.14. The molecule has 6 heteroatoms. The first-order chi connectivity index (χ1) is 9.20. The quantitative estimate of drug-likeness (QED) is 0.635. The molecule has 2 aromatic rings. The van der Waals surface area contributed by atoms with Gasteiger partial charge in [-0.1, -0.05) is 0 Å². The van der Waals surface area contributed by atoms with Crippen LogP contribution in [0, 0.1) is 0 Å². The maximum absolute atomic E-state index is 11.2. The average molecular weight is 261 g/mol. The van der Waals surface area contributed by atoms with Crippen LogP contribution in [0.3, 0.4) is 0 Å². The number of hydrogen-bond acceptors (Lipinski definition) is 4. The van der Waals surface area contributed by atoms with Gasteiger partial charge in [-0.25, -0.2) is 4.79 Å². The third-order valence-corrected chi connectivity index (χ3v) is 3.53. The van der Waals surface area contributed by atoms with Gasteiger partial charge in [0.05, 0.1) is 11.0 Å². The maximum Gasteiger partial charge on any atom is 0.323 e. The minimum absolute atomic E-state index is 0.164. The highest BCUT2D eigenvalue weighted by Gasteiger charge is 2.15. The van der Waals surface area contributed by atoms with Gasteiger partial charge < -0.3 is 25.5 Å². The second-order valence-corrected chi connectivity index (χ2v) is 5.13. The van der Waals surface area contributed by atoms with Gasteiger partial charge in [0.15, 0.2) is 0 Å². The minimum Gasteiger partial charge on any atom is -0.383 e. The predicted molar refractivity (Wildman–Crippen MR) is 76.7 cm³/mol. The Hall–Kier alpha value is -1.79. The Morgan fingerprint density at radius 3 is 3.05 bits per heavy atom. The van der Waals surface area contributed by atoms with Gasteiger partial charge in [-0.3, -0.25) is 0 Å². The molecule has 1 atom stereocenters. The standard InChI is InChI=1S/C13H19N5O/c1-18-5-4-14-10(8-18)7-15-9-2-3-11-12(6-9)17-13(19)16-11/h2-3,6,10,14-15H,4-5,7-8H2,1H3,(H2,16,17,19).